The van der Waals surface area contributed by atoms with Crippen LogP contribution < -0.4 is 10.9 Å². The number of halogens is 2. The Morgan fingerprint density at radius 1 is 1.09 bits per heavy atom. The minimum absolute atomic E-state index is 0.0910. The van der Waals surface area contributed by atoms with Gasteiger partial charge in [-0.25, -0.2) is 23.7 Å². The van der Waals surface area contributed by atoms with Gasteiger partial charge in [0, 0.05) is 5.69 Å². The lowest BCUT2D eigenvalue weighted by atomic mass is 10.0. The summed E-state index contributed by atoms with van der Waals surface area (Å²) in [7, 11) is 0. The summed E-state index contributed by atoms with van der Waals surface area (Å²) >= 11 is 0. The molecule has 0 aliphatic rings. The van der Waals surface area contributed by atoms with E-state index in [0.29, 0.717) is 34.5 Å². The van der Waals surface area contributed by atoms with Crippen LogP contribution in [0.2, 0.25) is 0 Å². The highest BCUT2D eigenvalue weighted by Gasteiger charge is 2.21. The Bertz CT molecular complexity index is 1510. The Labute approximate surface area is 180 Å². The van der Waals surface area contributed by atoms with Gasteiger partial charge in [-0.15, -0.1) is 0 Å². The van der Waals surface area contributed by atoms with Crippen molar-refractivity contribution in [2.45, 2.75) is 19.4 Å². The standard InChI is InChI=1S/C23H18F2N6O/c1-2-17(30-22-20-21(27-11-26-20)28-12-29-22)19-9-13-7-8-14(24)10-15(13)23(32)31(19)18-6-4-3-5-16(18)25/h3-12,17H,2H2,1H3,(H2,26,27,28,29,30)/t17-/m1/s1. The van der Waals surface area contributed by atoms with Gasteiger partial charge in [0.25, 0.3) is 5.56 Å². The molecule has 0 radical (unpaired) electrons. The van der Waals surface area contributed by atoms with Gasteiger partial charge in [0.2, 0.25) is 0 Å². The van der Waals surface area contributed by atoms with Crippen molar-refractivity contribution >= 4 is 27.8 Å². The van der Waals surface area contributed by atoms with Gasteiger partial charge >= 0.3 is 0 Å². The summed E-state index contributed by atoms with van der Waals surface area (Å²) in [6.07, 6.45) is 3.47. The predicted molar refractivity (Wildman–Crippen MR) is 118 cm³/mol. The average molecular weight is 432 g/mol. The lowest BCUT2D eigenvalue weighted by Crippen LogP contribution is -2.27. The van der Waals surface area contributed by atoms with Crippen LogP contribution in [0.25, 0.3) is 27.6 Å². The SMILES string of the molecule is CC[C@@H](Nc1ncnc2nc[nH]c12)c1cc2ccc(F)cc2c(=O)n1-c1ccccc1F. The van der Waals surface area contributed by atoms with E-state index in [2.05, 4.69) is 25.3 Å². The van der Waals surface area contributed by atoms with E-state index >= 15 is 0 Å². The van der Waals surface area contributed by atoms with Crippen LogP contribution in [0, 0.1) is 11.6 Å². The van der Waals surface area contributed by atoms with Gasteiger partial charge in [-0.3, -0.25) is 9.36 Å². The number of rotatable bonds is 5. The summed E-state index contributed by atoms with van der Waals surface area (Å²) in [4.78, 5) is 29.0. The van der Waals surface area contributed by atoms with Crippen molar-refractivity contribution in [1.82, 2.24) is 24.5 Å². The molecule has 2 aromatic carbocycles. The van der Waals surface area contributed by atoms with Gasteiger partial charge in [-0.05, 0) is 42.1 Å². The van der Waals surface area contributed by atoms with Gasteiger partial charge in [-0.2, -0.15) is 0 Å². The molecule has 9 heteroatoms. The second-order valence-corrected chi connectivity index (χ2v) is 7.32. The van der Waals surface area contributed by atoms with E-state index in [4.69, 9.17) is 0 Å². The third-order valence-electron chi connectivity index (χ3n) is 5.40. The first-order valence-electron chi connectivity index (χ1n) is 10.1. The molecule has 0 aliphatic carbocycles. The molecule has 0 saturated heterocycles. The largest absolute Gasteiger partial charge is 0.360 e. The van der Waals surface area contributed by atoms with E-state index in [1.165, 1.54) is 41.5 Å². The van der Waals surface area contributed by atoms with Gasteiger partial charge in [0.15, 0.2) is 11.5 Å². The molecular formula is C23H18F2N6O. The van der Waals surface area contributed by atoms with Crippen molar-refractivity contribution in [3.8, 4) is 5.69 Å². The molecule has 0 saturated carbocycles. The van der Waals surface area contributed by atoms with Crippen molar-refractivity contribution in [2.75, 3.05) is 5.32 Å². The molecule has 32 heavy (non-hydrogen) atoms. The Hall–Kier alpha value is -4.14. The van der Waals surface area contributed by atoms with Crippen molar-refractivity contribution in [3.63, 3.8) is 0 Å². The lowest BCUT2D eigenvalue weighted by molar-refractivity contribution is 0.605. The Kier molecular flexibility index (Phi) is 4.85. The molecular weight excluding hydrogens is 414 g/mol. The molecule has 0 aliphatic heterocycles. The number of aromatic amines is 1. The minimum Gasteiger partial charge on any atom is -0.360 e. The molecule has 7 nitrogen and oxygen atoms in total. The van der Waals surface area contributed by atoms with E-state index in [0.717, 1.165) is 0 Å². The van der Waals surface area contributed by atoms with E-state index in [1.807, 2.05) is 6.92 Å². The van der Waals surface area contributed by atoms with Gasteiger partial charge in [-0.1, -0.05) is 25.1 Å². The first-order chi connectivity index (χ1) is 15.6. The number of pyridine rings is 1. The maximum Gasteiger partial charge on any atom is 0.263 e. The highest BCUT2D eigenvalue weighted by Crippen LogP contribution is 2.28. The van der Waals surface area contributed by atoms with E-state index < -0.39 is 23.2 Å². The predicted octanol–water partition coefficient (Wildman–Crippen LogP) is 4.50. The molecule has 0 fully saturated rings. The number of benzene rings is 2. The Balaban J connectivity index is 1.75. The first-order valence-corrected chi connectivity index (χ1v) is 10.1. The minimum atomic E-state index is -0.556. The number of H-pyrrole nitrogens is 1. The molecule has 3 heterocycles. The molecule has 0 spiro atoms. The lowest BCUT2D eigenvalue weighted by Gasteiger charge is -2.23. The number of imidazole rings is 1. The Morgan fingerprint density at radius 2 is 1.94 bits per heavy atom. The average Bonchev–Trinajstić information content (AvgIpc) is 3.28. The highest BCUT2D eigenvalue weighted by atomic mass is 19.1. The number of fused-ring (bicyclic) bond motifs is 2. The summed E-state index contributed by atoms with van der Waals surface area (Å²) in [5.41, 5.74) is 1.23. The molecule has 0 unspecified atom stereocenters. The smallest absolute Gasteiger partial charge is 0.263 e. The molecule has 160 valence electrons. The van der Waals surface area contributed by atoms with Crippen LogP contribution in [0.15, 0.2) is 66.0 Å². The summed E-state index contributed by atoms with van der Waals surface area (Å²) in [6, 6.07) is 11.4. The maximum absolute atomic E-state index is 14.8. The molecule has 2 N–H and O–H groups in total. The topological polar surface area (TPSA) is 88.5 Å². The van der Waals surface area contributed by atoms with Crippen LogP contribution in [0.4, 0.5) is 14.6 Å². The molecule has 0 amide bonds. The van der Waals surface area contributed by atoms with Crippen molar-refractivity contribution < 1.29 is 8.78 Å². The van der Waals surface area contributed by atoms with E-state index in [9.17, 15) is 13.6 Å². The second kappa shape index (κ2) is 7.84. The van der Waals surface area contributed by atoms with Crippen LogP contribution in [0.3, 0.4) is 0 Å². The van der Waals surface area contributed by atoms with Crippen LogP contribution in [-0.4, -0.2) is 24.5 Å². The second-order valence-electron chi connectivity index (χ2n) is 7.32. The zero-order chi connectivity index (χ0) is 22.2. The fourth-order valence-corrected chi connectivity index (χ4v) is 3.86. The maximum atomic E-state index is 14.8. The van der Waals surface area contributed by atoms with Gasteiger partial charge in [0.1, 0.15) is 23.5 Å². The van der Waals surface area contributed by atoms with E-state index in [1.54, 1.807) is 24.3 Å². The highest BCUT2D eigenvalue weighted by molar-refractivity contribution is 5.84. The molecule has 0 bridgehead atoms. The summed E-state index contributed by atoms with van der Waals surface area (Å²) in [5, 5.41) is 4.06. The third-order valence-corrected chi connectivity index (χ3v) is 5.40. The number of aromatic nitrogens is 5. The van der Waals surface area contributed by atoms with E-state index in [-0.39, 0.29) is 11.1 Å². The number of anilines is 1. The van der Waals surface area contributed by atoms with Crippen molar-refractivity contribution in [2.24, 2.45) is 0 Å². The van der Waals surface area contributed by atoms with Crippen LogP contribution in [0.1, 0.15) is 25.1 Å². The number of nitrogens with zero attached hydrogens (tertiary/aromatic N) is 4. The van der Waals surface area contributed by atoms with Gasteiger partial charge < -0.3 is 10.3 Å². The first kappa shape index (κ1) is 19.8. The van der Waals surface area contributed by atoms with Crippen molar-refractivity contribution in [3.05, 3.63) is 88.9 Å². The van der Waals surface area contributed by atoms with Crippen LogP contribution >= 0.6 is 0 Å². The third kappa shape index (κ3) is 3.27. The molecule has 5 aromatic rings. The van der Waals surface area contributed by atoms with Crippen molar-refractivity contribution in [1.29, 1.82) is 0 Å². The van der Waals surface area contributed by atoms with Crippen LogP contribution in [-0.2, 0) is 0 Å². The molecule has 3 aromatic heterocycles. The Morgan fingerprint density at radius 3 is 2.75 bits per heavy atom. The quantitative estimate of drug-likeness (QED) is 0.427. The fourth-order valence-electron chi connectivity index (χ4n) is 3.86. The normalized spacial score (nSPS) is 12.3. The number of hydrogen-bond acceptors (Lipinski definition) is 5. The molecule has 1 atom stereocenters. The van der Waals surface area contributed by atoms with Gasteiger partial charge in [0.05, 0.1) is 23.4 Å². The number of nitrogens with one attached hydrogen (secondary N) is 2. The summed E-state index contributed by atoms with van der Waals surface area (Å²) in [5.74, 6) is -0.583. The van der Waals surface area contributed by atoms with Crippen LogP contribution in [0.5, 0.6) is 0 Å². The zero-order valence-electron chi connectivity index (χ0n) is 17.0. The number of hydrogen-bond donors (Lipinski definition) is 2. The monoisotopic (exact) mass is 432 g/mol. The summed E-state index contributed by atoms with van der Waals surface area (Å²) in [6.45, 7) is 1.94. The number of para-hydroxylation sites is 1. The molecule has 5 rings (SSSR count). The fraction of sp³-hybridized carbons (Fsp3) is 0.130. The zero-order valence-corrected chi connectivity index (χ0v) is 17.0. The summed E-state index contributed by atoms with van der Waals surface area (Å²) < 4.78 is 30.0.